The average molecular weight is 236 g/mol. The molecule has 96 valence electrons. The van der Waals surface area contributed by atoms with E-state index in [1.54, 1.807) is 6.26 Å². The normalized spacial score (nSPS) is 17.9. The van der Waals surface area contributed by atoms with E-state index >= 15 is 0 Å². The summed E-state index contributed by atoms with van der Waals surface area (Å²) in [6, 6.07) is 5.93. The van der Waals surface area contributed by atoms with Gasteiger partial charge in [-0.15, -0.1) is 0 Å². The first-order chi connectivity index (χ1) is 8.16. The quantitative estimate of drug-likeness (QED) is 0.789. The van der Waals surface area contributed by atoms with E-state index in [1.165, 1.54) is 12.8 Å². The van der Waals surface area contributed by atoms with Crippen LogP contribution in [-0.4, -0.2) is 29.6 Å². The second-order valence-electron chi connectivity index (χ2n) is 5.39. The first-order valence-corrected chi connectivity index (χ1v) is 6.68. The van der Waals surface area contributed by atoms with Gasteiger partial charge in [-0.05, 0) is 31.9 Å². The van der Waals surface area contributed by atoms with Crippen LogP contribution in [0.5, 0.6) is 0 Å². The van der Waals surface area contributed by atoms with Crippen molar-refractivity contribution in [1.29, 1.82) is 0 Å². The third kappa shape index (κ3) is 3.86. The molecule has 1 unspecified atom stereocenters. The van der Waals surface area contributed by atoms with Crippen molar-refractivity contribution in [2.24, 2.45) is 0 Å². The highest BCUT2D eigenvalue weighted by Crippen LogP contribution is 2.30. The second kappa shape index (κ2) is 5.69. The lowest BCUT2D eigenvalue weighted by atomic mass is 10.2. The SMILES string of the molecule is CC(C)NCC(C)N(Cc1ccco1)C1CC1. The van der Waals surface area contributed by atoms with Crippen molar-refractivity contribution in [3.8, 4) is 0 Å². The van der Waals surface area contributed by atoms with Crippen LogP contribution in [0, 0.1) is 0 Å². The van der Waals surface area contributed by atoms with Gasteiger partial charge in [-0.25, -0.2) is 0 Å². The first kappa shape index (κ1) is 12.7. The van der Waals surface area contributed by atoms with Gasteiger partial charge in [0.1, 0.15) is 5.76 Å². The van der Waals surface area contributed by atoms with Crippen molar-refractivity contribution in [1.82, 2.24) is 10.2 Å². The van der Waals surface area contributed by atoms with E-state index in [4.69, 9.17) is 4.42 Å². The molecule has 1 N–H and O–H groups in total. The standard InChI is InChI=1S/C14H24N2O/c1-11(2)15-9-12(3)16(13-6-7-13)10-14-5-4-8-17-14/h4-5,8,11-13,15H,6-7,9-10H2,1-3H3. The second-order valence-corrected chi connectivity index (χ2v) is 5.39. The molecule has 0 aromatic carbocycles. The Balaban J connectivity index is 1.87. The van der Waals surface area contributed by atoms with Gasteiger partial charge in [0.25, 0.3) is 0 Å². The maximum atomic E-state index is 5.46. The van der Waals surface area contributed by atoms with Crippen LogP contribution in [0.3, 0.4) is 0 Å². The molecule has 17 heavy (non-hydrogen) atoms. The van der Waals surface area contributed by atoms with Crippen molar-refractivity contribution >= 4 is 0 Å². The summed E-state index contributed by atoms with van der Waals surface area (Å²) in [7, 11) is 0. The molecule has 0 amide bonds. The van der Waals surface area contributed by atoms with E-state index in [0.717, 1.165) is 24.9 Å². The Morgan fingerprint density at radius 1 is 1.41 bits per heavy atom. The van der Waals surface area contributed by atoms with Gasteiger partial charge in [0.15, 0.2) is 0 Å². The minimum Gasteiger partial charge on any atom is -0.468 e. The molecule has 3 nitrogen and oxygen atoms in total. The average Bonchev–Trinajstić information content (AvgIpc) is 3.00. The fourth-order valence-corrected chi connectivity index (χ4v) is 2.16. The molecule has 1 saturated carbocycles. The number of rotatable bonds is 7. The summed E-state index contributed by atoms with van der Waals surface area (Å²) < 4.78 is 5.46. The van der Waals surface area contributed by atoms with Crippen molar-refractivity contribution in [3.63, 3.8) is 0 Å². The molecule has 0 aliphatic heterocycles. The van der Waals surface area contributed by atoms with Gasteiger partial charge in [-0.1, -0.05) is 13.8 Å². The van der Waals surface area contributed by atoms with Crippen LogP contribution in [0.15, 0.2) is 22.8 Å². The monoisotopic (exact) mass is 236 g/mol. The largest absolute Gasteiger partial charge is 0.468 e. The zero-order valence-corrected chi connectivity index (χ0v) is 11.1. The number of hydrogen-bond acceptors (Lipinski definition) is 3. The minimum absolute atomic E-state index is 0.558. The molecule has 0 spiro atoms. The molecule has 1 atom stereocenters. The summed E-state index contributed by atoms with van der Waals surface area (Å²) in [5.74, 6) is 1.08. The van der Waals surface area contributed by atoms with E-state index in [0.29, 0.717) is 12.1 Å². The van der Waals surface area contributed by atoms with Crippen LogP contribution >= 0.6 is 0 Å². The van der Waals surface area contributed by atoms with E-state index < -0.39 is 0 Å². The lowest BCUT2D eigenvalue weighted by Gasteiger charge is -2.29. The molecule has 1 heterocycles. The zero-order valence-electron chi connectivity index (χ0n) is 11.1. The van der Waals surface area contributed by atoms with Crippen molar-refractivity contribution in [3.05, 3.63) is 24.2 Å². The van der Waals surface area contributed by atoms with Gasteiger partial charge in [0.05, 0.1) is 12.8 Å². The summed E-state index contributed by atoms with van der Waals surface area (Å²) in [6.07, 6.45) is 4.44. The molecular weight excluding hydrogens is 212 g/mol. The predicted octanol–water partition coefficient (Wildman–Crippen LogP) is 2.63. The Bertz CT molecular complexity index is 317. The number of hydrogen-bond donors (Lipinski definition) is 1. The summed E-state index contributed by atoms with van der Waals surface area (Å²) >= 11 is 0. The van der Waals surface area contributed by atoms with Gasteiger partial charge in [-0.2, -0.15) is 0 Å². The van der Waals surface area contributed by atoms with E-state index in [9.17, 15) is 0 Å². The first-order valence-electron chi connectivity index (χ1n) is 6.68. The van der Waals surface area contributed by atoms with Crippen molar-refractivity contribution in [2.75, 3.05) is 6.54 Å². The van der Waals surface area contributed by atoms with Crippen LogP contribution < -0.4 is 5.32 Å². The molecule has 1 aromatic rings. The minimum atomic E-state index is 0.558. The Morgan fingerprint density at radius 3 is 2.71 bits per heavy atom. The summed E-state index contributed by atoms with van der Waals surface area (Å²) in [5.41, 5.74) is 0. The lowest BCUT2D eigenvalue weighted by molar-refractivity contribution is 0.169. The fourth-order valence-electron chi connectivity index (χ4n) is 2.16. The lowest BCUT2D eigenvalue weighted by Crippen LogP contribution is -2.42. The Kier molecular flexibility index (Phi) is 4.24. The zero-order chi connectivity index (χ0) is 12.3. The maximum Gasteiger partial charge on any atom is 0.117 e. The predicted molar refractivity (Wildman–Crippen MR) is 69.9 cm³/mol. The Labute approximate surface area is 104 Å². The highest BCUT2D eigenvalue weighted by Gasteiger charge is 2.32. The fraction of sp³-hybridized carbons (Fsp3) is 0.714. The Morgan fingerprint density at radius 2 is 2.18 bits per heavy atom. The molecule has 0 saturated heterocycles. The van der Waals surface area contributed by atoms with Crippen LogP contribution in [0.25, 0.3) is 0 Å². The molecule has 1 aromatic heterocycles. The molecule has 2 rings (SSSR count). The number of furan rings is 1. The van der Waals surface area contributed by atoms with Crippen molar-refractivity contribution < 1.29 is 4.42 Å². The third-order valence-electron chi connectivity index (χ3n) is 3.32. The van der Waals surface area contributed by atoms with Gasteiger partial charge in [0.2, 0.25) is 0 Å². The molecule has 1 aliphatic carbocycles. The van der Waals surface area contributed by atoms with Gasteiger partial charge < -0.3 is 9.73 Å². The summed E-state index contributed by atoms with van der Waals surface area (Å²) in [5, 5.41) is 3.52. The van der Waals surface area contributed by atoms with Crippen LogP contribution in [0.2, 0.25) is 0 Å². The van der Waals surface area contributed by atoms with E-state index in [1.807, 2.05) is 6.07 Å². The van der Waals surface area contributed by atoms with E-state index in [-0.39, 0.29) is 0 Å². The number of nitrogens with one attached hydrogen (secondary N) is 1. The smallest absolute Gasteiger partial charge is 0.117 e. The molecule has 1 aliphatic rings. The number of nitrogens with zero attached hydrogens (tertiary/aromatic N) is 1. The summed E-state index contributed by atoms with van der Waals surface area (Å²) in [6.45, 7) is 8.69. The topological polar surface area (TPSA) is 28.4 Å². The molecular formula is C14H24N2O. The maximum absolute atomic E-state index is 5.46. The Hall–Kier alpha value is -0.800. The molecule has 3 heteroatoms. The molecule has 0 bridgehead atoms. The highest BCUT2D eigenvalue weighted by atomic mass is 16.3. The highest BCUT2D eigenvalue weighted by molar-refractivity contribution is 5.00. The van der Waals surface area contributed by atoms with Crippen LogP contribution in [-0.2, 0) is 6.54 Å². The van der Waals surface area contributed by atoms with Crippen molar-refractivity contribution in [2.45, 2.75) is 58.3 Å². The van der Waals surface area contributed by atoms with E-state index in [2.05, 4.69) is 37.1 Å². The third-order valence-corrected chi connectivity index (χ3v) is 3.32. The molecule has 0 radical (unpaired) electrons. The molecule has 1 fully saturated rings. The van der Waals surface area contributed by atoms with Gasteiger partial charge in [-0.3, -0.25) is 4.90 Å². The van der Waals surface area contributed by atoms with Gasteiger partial charge in [0, 0.05) is 24.7 Å². The van der Waals surface area contributed by atoms with Gasteiger partial charge >= 0.3 is 0 Å². The van der Waals surface area contributed by atoms with Crippen LogP contribution in [0.4, 0.5) is 0 Å². The van der Waals surface area contributed by atoms with Crippen LogP contribution in [0.1, 0.15) is 39.4 Å². The summed E-state index contributed by atoms with van der Waals surface area (Å²) in [4.78, 5) is 2.56.